The number of ether oxygens (including phenoxy) is 1. The van der Waals surface area contributed by atoms with Gasteiger partial charge in [-0.2, -0.15) is 0 Å². The SMILES string of the molecule is O=C(O)C1C[C@@H]2C[C@@H](NC(=O)C3C[C@H]4CC[C@@H](C3)O4)[C@@H]2C1. The summed E-state index contributed by atoms with van der Waals surface area (Å²) in [5.74, 6) is 0.328. The lowest BCUT2D eigenvalue weighted by Crippen LogP contribution is -2.52. The van der Waals surface area contributed by atoms with Gasteiger partial charge in [-0.1, -0.05) is 0 Å². The van der Waals surface area contributed by atoms with Crippen LogP contribution in [0.2, 0.25) is 0 Å². The minimum absolute atomic E-state index is 0.104. The fourth-order valence-electron chi connectivity index (χ4n) is 4.97. The average molecular weight is 293 g/mol. The Morgan fingerprint density at radius 2 is 1.67 bits per heavy atom. The second-order valence-corrected chi connectivity index (χ2v) is 7.41. The maximum Gasteiger partial charge on any atom is 0.306 e. The van der Waals surface area contributed by atoms with Crippen LogP contribution in [0.5, 0.6) is 0 Å². The van der Waals surface area contributed by atoms with E-state index in [9.17, 15) is 9.59 Å². The molecule has 1 amide bonds. The first-order valence-corrected chi connectivity index (χ1v) is 8.28. The maximum absolute atomic E-state index is 12.4. The maximum atomic E-state index is 12.4. The summed E-state index contributed by atoms with van der Waals surface area (Å²) in [6.07, 6.45) is 7.01. The van der Waals surface area contributed by atoms with Gasteiger partial charge in [-0.25, -0.2) is 0 Å². The van der Waals surface area contributed by atoms with Gasteiger partial charge in [-0.15, -0.1) is 0 Å². The molecule has 2 heterocycles. The molecule has 2 N–H and O–H groups in total. The van der Waals surface area contributed by atoms with Gasteiger partial charge in [0.25, 0.3) is 0 Å². The number of carboxylic acids is 1. The number of carbonyl (C=O) groups is 2. The Bertz CT molecular complexity index is 453. The highest BCUT2D eigenvalue weighted by atomic mass is 16.5. The number of rotatable bonds is 3. The van der Waals surface area contributed by atoms with Crippen molar-refractivity contribution < 1.29 is 19.4 Å². The van der Waals surface area contributed by atoms with Gasteiger partial charge in [0.05, 0.1) is 18.1 Å². The minimum atomic E-state index is -0.671. The van der Waals surface area contributed by atoms with Crippen LogP contribution in [0, 0.1) is 23.7 Å². The van der Waals surface area contributed by atoms with Gasteiger partial charge < -0.3 is 15.2 Å². The Labute approximate surface area is 124 Å². The third-order valence-corrected chi connectivity index (χ3v) is 6.16. The molecule has 2 bridgehead atoms. The van der Waals surface area contributed by atoms with Crippen LogP contribution in [-0.4, -0.2) is 35.2 Å². The molecule has 21 heavy (non-hydrogen) atoms. The average Bonchev–Trinajstić information content (AvgIpc) is 2.96. The molecule has 2 aliphatic carbocycles. The molecular weight excluding hydrogens is 270 g/mol. The molecule has 0 spiro atoms. The van der Waals surface area contributed by atoms with Gasteiger partial charge >= 0.3 is 5.97 Å². The Balaban J connectivity index is 1.31. The fourth-order valence-corrected chi connectivity index (χ4v) is 4.97. The molecule has 0 aromatic rings. The Kier molecular flexibility index (Phi) is 3.21. The van der Waals surface area contributed by atoms with Crippen LogP contribution < -0.4 is 5.32 Å². The number of amides is 1. The van der Waals surface area contributed by atoms with Crippen LogP contribution in [0.1, 0.15) is 44.9 Å². The lowest BCUT2D eigenvalue weighted by molar-refractivity contribution is -0.141. The molecule has 5 heteroatoms. The number of hydrogen-bond donors (Lipinski definition) is 2. The second kappa shape index (κ2) is 4.97. The summed E-state index contributed by atoms with van der Waals surface area (Å²) in [5.41, 5.74) is 0. The largest absolute Gasteiger partial charge is 0.481 e. The standard InChI is InChI=1S/C16H23NO4/c18-15(9-4-11-1-2-12(5-9)21-11)17-14-7-8-3-10(16(19)20)6-13(8)14/h8-14H,1-7H2,(H,17,18)(H,19,20)/t8-,9?,10?,11-,12+,13-,14-/m1/s1. The quantitative estimate of drug-likeness (QED) is 0.828. The van der Waals surface area contributed by atoms with E-state index in [4.69, 9.17) is 9.84 Å². The molecule has 2 saturated carbocycles. The molecule has 5 nitrogen and oxygen atoms in total. The van der Waals surface area contributed by atoms with Crippen molar-refractivity contribution in [3.63, 3.8) is 0 Å². The van der Waals surface area contributed by atoms with Crippen LogP contribution in [0.15, 0.2) is 0 Å². The fraction of sp³-hybridized carbons (Fsp3) is 0.875. The topological polar surface area (TPSA) is 75.6 Å². The monoisotopic (exact) mass is 293 g/mol. The van der Waals surface area contributed by atoms with Gasteiger partial charge in [0, 0.05) is 12.0 Å². The summed E-state index contributed by atoms with van der Waals surface area (Å²) in [6, 6.07) is 0.215. The third kappa shape index (κ3) is 2.35. The first kappa shape index (κ1) is 13.6. The molecule has 2 saturated heterocycles. The molecule has 7 atom stereocenters. The molecule has 2 unspecified atom stereocenters. The van der Waals surface area contributed by atoms with Crippen LogP contribution in [0.25, 0.3) is 0 Å². The lowest BCUT2D eigenvalue weighted by Gasteiger charge is -2.42. The molecule has 4 fully saturated rings. The molecule has 4 rings (SSSR count). The van der Waals surface area contributed by atoms with E-state index in [0.29, 0.717) is 11.8 Å². The van der Waals surface area contributed by atoms with Crippen molar-refractivity contribution in [1.82, 2.24) is 5.32 Å². The van der Waals surface area contributed by atoms with E-state index < -0.39 is 5.97 Å². The molecule has 4 aliphatic rings. The summed E-state index contributed by atoms with van der Waals surface area (Å²) >= 11 is 0. The summed E-state index contributed by atoms with van der Waals surface area (Å²) in [4.78, 5) is 23.5. The Hall–Kier alpha value is -1.10. The summed E-state index contributed by atoms with van der Waals surface area (Å²) in [6.45, 7) is 0. The molecule has 0 aromatic heterocycles. The van der Waals surface area contributed by atoms with E-state index in [-0.39, 0.29) is 36.0 Å². The number of aliphatic carboxylic acids is 1. The summed E-state index contributed by atoms with van der Waals surface area (Å²) in [7, 11) is 0. The van der Waals surface area contributed by atoms with E-state index in [2.05, 4.69) is 5.32 Å². The highest BCUT2D eigenvalue weighted by molar-refractivity contribution is 5.79. The van der Waals surface area contributed by atoms with E-state index in [1.54, 1.807) is 0 Å². The molecule has 116 valence electrons. The molecule has 2 aliphatic heterocycles. The highest BCUT2D eigenvalue weighted by Gasteiger charge is 2.50. The summed E-state index contributed by atoms with van der Waals surface area (Å²) in [5, 5.41) is 12.3. The zero-order valence-corrected chi connectivity index (χ0v) is 12.2. The Morgan fingerprint density at radius 1 is 0.952 bits per heavy atom. The van der Waals surface area contributed by atoms with E-state index in [0.717, 1.165) is 44.9 Å². The highest BCUT2D eigenvalue weighted by Crippen LogP contribution is 2.50. The van der Waals surface area contributed by atoms with Crippen molar-refractivity contribution in [2.75, 3.05) is 0 Å². The van der Waals surface area contributed by atoms with Gasteiger partial charge in [-0.3, -0.25) is 9.59 Å². The van der Waals surface area contributed by atoms with Crippen molar-refractivity contribution in [2.24, 2.45) is 23.7 Å². The molecule has 0 radical (unpaired) electrons. The van der Waals surface area contributed by atoms with Crippen LogP contribution in [0.4, 0.5) is 0 Å². The number of hydrogen-bond acceptors (Lipinski definition) is 3. The zero-order valence-electron chi connectivity index (χ0n) is 12.2. The van der Waals surface area contributed by atoms with Crippen molar-refractivity contribution in [1.29, 1.82) is 0 Å². The third-order valence-electron chi connectivity index (χ3n) is 6.16. The van der Waals surface area contributed by atoms with Crippen molar-refractivity contribution >= 4 is 11.9 Å². The van der Waals surface area contributed by atoms with Crippen LogP contribution in [0.3, 0.4) is 0 Å². The van der Waals surface area contributed by atoms with Crippen molar-refractivity contribution in [2.45, 2.75) is 63.2 Å². The van der Waals surface area contributed by atoms with E-state index >= 15 is 0 Å². The second-order valence-electron chi connectivity index (χ2n) is 7.41. The van der Waals surface area contributed by atoms with Crippen LogP contribution in [-0.2, 0) is 14.3 Å². The minimum Gasteiger partial charge on any atom is -0.481 e. The molecular formula is C16H23NO4. The normalized spacial score (nSPS) is 47.5. The Morgan fingerprint density at radius 3 is 2.33 bits per heavy atom. The number of fused-ring (bicyclic) bond motifs is 3. The van der Waals surface area contributed by atoms with Gasteiger partial charge in [-0.05, 0) is 56.8 Å². The van der Waals surface area contributed by atoms with Crippen molar-refractivity contribution in [3.05, 3.63) is 0 Å². The van der Waals surface area contributed by atoms with Gasteiger partial charge in [0.1, 0.15) is 0 Å². The van der Waals surface area contributed by atoms with Gasteiger partial charge in [0.15, 0.2) is 0 Å². The first-order valence-electron chi connectivity index (χ1n) is 8.28. The predicted molar refractivity (Wildman–Crippen MR) is 74.5 cm³/mol. The van der Waals surface area contributed by atoms with Crippen molar-refractivity contribution in [3.8, 4) is 0 Å². The predicted octanol–water partition coefficient (Wildman–Crippen LogP) is 1.56. The van der Waals surface area contributed by atoms with Crippen LogP contribution >= 0.6 is 0 Å². The van der Waals surface area contributed by atoms with Gasteiger partial charge in [0.2, 0.25) is 5.91 Å². The smallest absolute Gasteiger partial charge is 0.306 e. The first-order chi connectivity index (χ1) is 10.1. The zero-order chi connectivity index (χ0) is 14.6. The number of nitrogens with one attached hydrogen (secondary N) is 1. The lowest BCUT2D eigenvalue weighted by atomic mass is 9.71. The number of carbonyl (C=O) groups excluding carboxylic acids is 1. The summed E-state index contributed by atoms with van der Waals surface area (Å²) < 4.78 is 5.79. The van der Waals surface area contributed by atoms with E-state index in [1.165, 1.54) is 0 Å². The molecule has 0 aromatic carbocycles. The number of carboxylic acid groups (broad SMARTS) is 1. The van der Waals surface area contributed by atoms with E-state index in [1.807, 2.05) is 0 Å².